The van der Waals surface area contributed by atoms with Gasteiger partial charge in [-0.2, -0.15) is 40.7 Å². The van der Waals surface area contributed by atoms with Gasteiger partial charge in [-0.15, -0.1) is 0 Å². The van der Waals surface area contributed by atoms with Gasteiger partial charge >= 0.3 is 0 Å². The SMILES string of the molecule is COc1ccc(Cn2cnc3nc(Nc4ccc(C#N)cc4)nc(Oc4ccc(-c5ccncc5)cc4C)c32)cc1.Cc1cc(-c2cc3ccccc3[nH]2)cc(C)c1Oc1nc(Nc2ccc(C#N)cc2)nc2ccn(C)c12.Cc1cc(-c2ccncc2)ccc1Oc1nc(Nc2ccc(C#N)cc2)nc2nc[nH]c12. The molecule has 0 bridgehead atoms. The van der Waals surface area contributed by atoms with E-state index in [0.29, 0.717) is 92.5 Å². The summed E-state index contributed by atoms with van der Waals surface area (Å²) in [7, 11) is 3.60. The number of aromatic amines is 2. The minimum absolute atomic E-state index is 0.331. The van der Waals surface area contributed by atoms with Crippen LogP contribution in [0.25, 0.3) is 77.8 Å². The summed E-state index contributed by atoms with van der Waals surface area (Å²) in [5, 5.41) is 37.9. The summed E-state index contributed by atoms with van der Waals surface area (Å²) in [5.41, 5.74) is 20.4. The van der Waals surface area contributed by atoms with Gasteiger partial charge in [0.05, 0.1) is 60.2 Å². The Morgan fingerprint density at radius 3 is 1.51 bits per heavy atom. The highest BCUT2D eigenvalue weighted by molar-refractivity contribution is 5.87. The Kier molecular flexibility index (Phi) is 20.0. The van der Waals surface area contributed by atoms with Crippen LogP contribution in [0.3, 0.4) is 0 Å². The van der Waals surface area contributed by atoms with E-state index < -0.39 is 0 Å². The van der Waals surface area contributed by atoms with Gasteiger partial charge in [0.1, 0.15) is 34.0 Å². The van der Waals surface area contributed by atoms with Gasteiger partial charge in [0.25, 0.3) is 11.8 Å². The van der Waals surface area contributed by atoms with E-state index in [4.69, 9.17) is 44.7 Å². The van der Waals surface area contributed by atoms with Crippen LogP contribution in [0.5, 0.6) is 40.6 Å². The molecule has 0 saturated heterocycles. The van der Waals surface area contributed by atoms with Gasteiger partial charge in [0.15, 0.2) is 16.8 Å². The van der Waals surface area contributed by atoms with Gasteiger partial charge in [0, 0.05) is 78.2 Å². The number of hydrogen-bond donors (Lipinski definition) is 5. The van der Waals surface area contributed by atoms with Crippen LogP contribution < -0.4 is 34.9 Å². The van der Waals surface area contributed by atoms with Gasteiger partial charge in [-0.1, -0.05) is 42.5 Å². The Morgan fingerprint density at radius 2 is 0.973 bits per heavy atom. The maximum Gasteiger partial charge on any atom is 0.250 e. The lowest BCUT2D eigenvalue weighted by Gasteiger charge is -2.15. The number of nitrogens with zero attached hydrogens (tertiary/aromatic N) is 15. The molecule has 8 aromatic carbocycles. The van der Waals surface area contributed by atoms with E-state index in [9.17, 15) is 0 Å². The highest BCUT2D eigenvalue weighted by Crippen LogP contribution is 2.39. The molecular formula is C86H66N20O4. The lowest BCUT2D eigenvalue weighted by molar-refractivity contribution is 0.414. The van der Waals surface area contributed by atoms with Crippen LogP contribution in [0.1, 0.15) is 44.5 Å². The van der Waals surface area contributed by atoms with Crippen molar-refractivity contribution in [1.29, 1.82) is 15.8 Å². The Morgan fingerprint density at radius 1 is 0.464 bits per heavy atom. The van der Waals surface area contributed by atoms with E-state index in [-0.39, 0.29) is 0 Å². The first-order valence-electron chi connectivity index (χ1n) is 34.7. The topological polar surface area (TPSA) is 315 Å². The van der Waals surface area contributed by atoms with Crippen LogP contribution in [0.15, 0.2) is 250 Å². The van der Waals surface area contributed by atoms with Crippen molar-refractivity contribution in [3.63, 3.8) is 0 Å². The Hall–Kier alpha value is -15.6. The molecule has 0 spiro atoms. The number of aromatic nitrogens is 14. The molecular weight excluding hydrogens is 1380 g/mol. The molecule has 0 aliphatic heterocycles. The van der Waals surface area contributed by atoms with E-state index in [1.54, 1.807) is 105 Å². The van der Waals surface area contributed by atoms with E-state index in [0.717, 1.165) is 106 Å². The molecule has 0 radical (unpaired) electrons. The van der Waals surface area contributed by atoms with E-state index in [1.807, 2.05) is 153 Å². The zero-order valence-corrected chi connectivity index (χ0v) is 60.2. The van der Waals surface area contributed by atoms with Crippen molar-refractivity contribution in [1.82, 2.24) is 68.9 Å². The summed E-state index contributed by atoms with van der Waals surface area (Å²) in [6.45, 7) is 8.63. The number of hydrogen-bond acceptors (Lipinski definition) is 20. The molecule has 9 heterocycles. The Balaban J connectivity index is 0.000000132. The number of fused-ring (bicyclic) bond motifs is 4. The third kappa shape index (κ3) is 15.7. The molecule has 0 aliphatic carbocycles. The normalized spacial score (nSPS) is 10.8. The first-order chi connectivity index (χ1) is 53.8. The molecule has 0 saturated carbocycles. The van der Waals surface area contributed by atoms with Crippen LogP contribution in [0.2, 0.25) is 0 Å². The van der Waals surface area contributed by atoms with Crippen LogP contribution in [0.4, 0.5) is 34.9 Å². The van der Waals surface area contributed by atoms with Crippen molar-refractivity contribution >= 4 is 79.2 Å². The van der Waals surface area contributed by atoms with Crippen LogP contribution in [-0.4, -0.2) is 76.1 Å². The number of imidazole rings is 2. The minimum atomic E-state index is 0.331. The quantitative estimate of drug-likeness (QED) is 0.0533. The van der Waals surface area contributed by atoms with E-state index in [1.165, 1.54) is 5.39 Å². The number of anilines is 6. The summed E-state index contributed by atoms with van der Waals surface area (Å²) in [5.74, 6) is 5.22. The smallest absolute Gasteiger partial charge is 0.250 e. The fourth-order valence-corrected chi connectivity index (χ4v) is 12.4. The van der Waals surface area contributed by atoms with Gasteiger partial charge in [-0.3, -0.25) is 9.97 Å². The highest BCUT2D eigenvalue weighted by atomic mass is 16.5. The van der Waals surface area contributed by atoms with Crippen LogP contribution >= 0.6 is 0 Å². The van der Waals surface area contributed by atoms with Crippen molar-refractivity contribution in [2.24, 2.45) is 7.05 Å². The minimum Gasteiger partial charge on any atom is -0.497 e. The lowest BCUT2D eigenvalue weighted by atomic mass is 10.0. The molecule has 24 heteroatoms. The molecule has 0 fully saturated rings. The average molecular weight is 1440 g/mol. The number of nitrogens with one attached hydrogen (secondary N) is 5. The molecule has 17 rings (SSSR count). The number of aryl methyl sites for hydroxylation is 5. The van der Waals surface area contributed by atoms with Gasteiger partial charge in [-0.25, -0.2) is 15.0 Å². The fourth-order valence-electron chi connectivity index (χ4n) is 12.4. The maximum absolute atomic E-state index is 9.12. The molecule has 0 atom stereocenters. The third-order valence-corrected chi connectivity index (χ3v) is 18.0. The predicted octanol–water partition coefficient (Wildman–Crippen LogP) is 18.9. The molecule has 24 nitrogen and oxygen atoms in total. The van der Waals surface area contributed by atoms with E-state index >= 15 is 0 Å². The third-order valence-electron chi connectivity index (χ3n) is 18.0. The summed E-state index contributed by atoms with van der Waals surface area (Å²) in [6.07, 6.45) is 12.3. The number of nitriles is 3. The highest BCUT2D eigenvalue weighted by Gasteiger charge is 2.22. The number of para-hydroxylation sites is 1. The lowest BCUT2D eigenvalue weighted by Crippen LogP contribution is -2.04. The van der Waals surface area contributed by atoms with Crippen molar-refractivity contribution < 1.29 is 18.9 Å². The predicted molar refractivity (Wildman–Crippen MR) is 423 cm³/mol. The number of ether oxygens (including phenoxy) is 4. The van der Waals surface area contributed by atoms with Crippen molar-refractivity contribution in [2.45, 2.75) is 34.2 Å². The summed E-state index contributed by atoms with van der Waals surface area (Å²) in [6, 6.07) is 72.0. The van der Waals surface area contributed by atoms with Crippen molar-refractivity contribution in [2.75, 3.05) is 23.1 Å². The largest absolute Gasteiger partial charge is 0.497 e. The standard InChI is InChI=1S/C32H25N7O2.C30H24N6O.C24H17N7O/c1-21-17-25(24-13-15-34-16-14-24)7-12-28(21)41-31-29-30(35-20-39(29)19-23-5-10-27(40-2)11-6-23)37-32(38-31)36-26-8-3-22(18-33)4-9-26;1-18-14-22(26-16-21-6-4-5-7-24(21)33-26)15-19(2)28(18)37-29-27-25(12-13-36(27)3)34-30(35-29)32-23-10-8-20(17-31)9-11-23;1-15-12-18(17-8-10-26-11-9-17)4-7-20(15)32-23-21-22(28-14-27-21)30-24(31-23)29-19-5-2-16(13-25)3-6-19/h3-17,20H,19H2,1-2H3,(H,36,37,38);4-16,33H,1-3H3,(H,32,34,35);2-12,14H,1H3,(H2,27,28,29,30,31). The average Bonchev–Trinajstić information content (AvgIpc) is 1.57. The Labute approximate surface area is 630 Å². The molecule has 5 N–H and O–H groups in total. The second kappa shape index (κ2) is 31.4. The number of rotatable bonds is 18. The zero-order chi connectivity index (χ0) is 75.6. The second-order valence-corrected chi connectivity index (χ2v) is 25.6. The van der Waals surface area contributed by atoms with Crippen molar-refractivity contribution in [3.8, 4) is 92.4 Å². The van der Waals surface area contributed by atoms with Gasteiger partial charge in [-0.05, 0) is 247 Å². The molecule has 110 heavy (non-hydrogen) atoms. The van der Waals surface area contributed by atoms with Gasteiger partial charge < -0.3 is 54.0 Å². The second-order valence-electron chi connectivity index (χ2n) is 25.6. The molecule has 9 aromatic heterocycles. The summed E-state index contributed by atoms with van der Waals surface area (Å²) in [4.78, 5) is 51.3. The van der Waals surface area contributed by atoms with Gasteiger partial charge in [0.2, 0.25) is 23.7 Å². The summed E-state index contributed by atoms with van der Waals surface area (Å²) >= 11 is 0. The molecule has 17 aromatic rings. The molecule has 0 unspecified atom stereocenters. The Bertz CT molecular complexity index is 6280. The van der Waals surface area contributed by atoms with Crippen LogP contribution in [0, 0.1) is 61.7 Å². The van der Waals surface area contributed by atoms with E-state index in [2.05, 4.69) is 126 Å². The number of H-pyrrole nitrogens is 2. The first kappa shape index (κ1) is 70.1. The number of benzene rings is 8. The van der Waals surface area contributed by atoms with Crippen molar-refractivity contribution in [3.05, 3.63) is 294 Å². The summed E-state index contributed by atoms with van der Waals surface area (Å²) < 4.78 is 28.4. The number of methoxy groups -OCH3 is 1. The maximum atomic E-state index is 9.12. The molecule has 0 amide bonds. The van der Waals surface area contributed by atoms with Crippen LogP contribution in [-0.2, 0) is 13.6 Å². The molecule has 0 aliphatic rings. The first-order valence-corrected chi connectivity index (χ1v) is 34.7. The molecule has 534 valence electrons. The monoisotopic (exact) mass is 1440 g/mol. The number of pyridine rings is 2. The fraction of sp³-hybridized carbons (Fsp3) is 0.0814. The zero-order valence-electron chi connectivity index (χ0n) is 60.2.